The van der Waals surface area contributed by atoms with Crippen molar-refractivity contribution in [1.29, 1.82) is 0 Å². The minimum Gasteiger partial charge on any atom is -0.396 e. The number of amidine groups is 1. The molecular formula is C16H21N7O3S. The Hall–Kier alpha value is -2.76. The minimum absolute atomic E-state index is 0.0598. The normalized spacial score (nSPS) is 16.1. The molecule has 3 rings (SSSR count). The molecule has 27 heavy (non-hydrogen) atoms. The van der Waals surface area contributed by atoms with Gasteiger partial charge in [0.2, 0.25) is 10.0 Å². The number of benzene rings is 1. The summed E-state index contributed by atoms with van der Waals surface area (Å²) in [5.74, 6) is 0.105. The molecule has 0 spiro atoms. The van der Waals surface area contributed by atoms with Gasteiger partial charge in [-0.05, 0) is 30.2 Å². The lowest BCUT2D eigenvalue weighted by Gasteiger charge is -2.29. The average Bonchev–Trinajstić information content (AvgIpc) is 3.14. The molecule has 1 aliphatic rings. The zero-order chi connectivity index (χ0) is 19.8. The molecule has 0 saturated heterocycles. The standard InChI is InChI=1S/C16H21N7O3S/c1-10-3-13(15(27(18,25)26)4-12(10)11(2)7-24)14-5-20-16(17)6-22(14)23-9-19-8-21-23/h3-5,8-9,11,24H,6-7H2,1-2H3,(H2,17,20)(H2,18,25,26). The van der Waals surface area contributed by atoms with Gasteiger partial charge in [0.15, 0.2) is 0 Å². The zero-order valence-corrected chi connectivity index (χ0v) is 15.8. The van der Waals surface area contributed by atoms with Crippen LogP contribution in [-0.2, 0) is 10.0 Å². The third-order valence-electron chi connectivity index (χ3n) is 4.35. The van der Waals surface area contributed by atoms with Crippen molar-refractivity contribution in [3.63, 3.8) is 0 Å². The number of primary sulfonamides is 1. The second kappa shape index (κ2) is 7.10. The van der Waals surface area contributed by atoms with E-state index in [1.165, 1.54) is 29.7 Å². The summed E-state index contributed by atoms with van der Waals surface area (Å²) in [7, 11) is -4.04. The van der Waals surface area contributed by atoms with E-state index in [0.717, 1.165) is 5.56 Å². The number of sulfonamides is 1. The Balaban J connectivity index is 2.24. The van der Waals surface area contributed by atoms with Crippen molar-refractivity contribution in [2.45, 2.75) is 24.7 Å². The van der Waals surface area contributed by atoms with E-state index in [9.17, 15) is 13.5 Å². The fourth-order valence-corrected chi connectivity index (χ4v) is 3.74. The Kier molecular flexibility index (Phi) is 5.00. The van der Waals surface area contributed by atoms with Crippen LogP contribution in [-0.4, -0.2) is 47.4 Å². The number of aliphatic imine (C=N–C) groups is 1. The second-order valence-corrected chi connectivity index (χ2v) is 7.87. The molecule has 2 aromatic rings. The fourth-order valence-electron chi connectivity index (χ4n) is 2.98. The van der Waals surface area contributed by atoms with Crippen molar-refractivity contribution in [1.82, 2.24) is 14.9 Å². The Morgan fingerprint density at radius 1 is 1.37 bits per heavy atom. The maximum absolute atomic E-state index is 12.3. The predicted molar refractivity (Wildman–Crippen MR) is 101 cm³/mol. The maximum Gasteiger partial charge on any atom is 0.238 e. The van der Waals surface area contributed by atoms with E-state index in [1.54, 1.807) is 11.1 Å². The minimum atomic E-state index is -4.04. The molecular weight excluding hydrogens is 370 g/mol. The van der Waals surface area contributed by atoms with Crippen LogP contribution in [0.5, 0.6) is 0 Å². The van der Waals surface area contributed by atoms with Crippen LogP contribution in [0.1, 0.15) is 29.5 Å². The predicted octanol–water partition coefficient (Wildman–Crippen LogP) is -0.363. The molecule has 1 atom stereocenters. The summed E-state index contributed by atoms with van der Waals surface area (Å²) < 4.78 is 24.6. The van der Waals surface area contributed by atoms with Crippen molar-refractivity contribution < 1.29 is 13.5 Å². The van der Waals surface area contributed by atoms with Gasteiger partial charge in [-0.2, -0.15) is 4.79 Å². The van der Waals surface area contributed by atoms with Crippen molar-refractivity contribution in [2.75, 3.05) is 18.2 Å². The molecule has 144 valence electrons. The third-order valence-corrected chi connectivity index (χ3v) is 5.30. The van der Waals surface area contributed by atoms with E-state index < -0.39 is 10.0 Å². The maximum atomic E-state index is 12.3. The number of aromatic nitrogens is 3. The van der Waals surface area contributed by atoms with E-state index in [0.29, 0.717) is 22.7 Å². The Morgan fingerprint density at radius 3 is 2.70 bits per heavy atom. The van der Waals surface area contributed by atoms with E-state index in [1.807, 2.05) is 13.8 Å². The second-order valence-electron chi connectivity index (χ2n) is 6.34. The smallest absolute Gasteiger partial charge is 0.238 e. The molecule has 1 aliphatic heterocycles. The van der Waals surface area contributed by atoms with E-state index >= 15 is 0 Å². The average molecular weight is 391 g/mol. The van der Waals surface area contributed by atoms with Crippen molar-refractivity contribution in [3.05, 3.63) is 47.7 Å². The Labute approximate surface area is 156 Å². The highest BCUT2D eigenvalue weighted by Gasteiger charge is 2.27. The molecule has 0 bridgehead atoms. The molecule has 5 N–H and O–H groups in total. The summed E-state index contributed by atoms with van der Waals surface area (Å²) in [5.41, 5.74) is 8.20. The molecule has 11 heteroatoms. The van der Waals surface area contributed by atoms with Gasteiger partial charge in [0.05, 0.1) is 23.3 Å². The SMILES string of the molecule is Cc1cc(C2=CN=C(N)CN2n2cncn2)c(S(N)(=O)=O)cc1C(C)CO. The zero-order valence-electron chi connectivity index (χ0n) is 14.9. The number of hydrogen-bond donors (Lipinski definition) is 3. The van der Waals surface area contributed by atoms with Crippen LogP contribution in [0.25, 0.3) is 5.70 Å². The van der Waals surface area contributed by atoms with Gasteiger partial charge in [-0.1, -0.05) is 6.92 Å². The summed E-state index contributed by atoms with van der Waals surface area (Å²) >= 11 is 0. The van der Waals surface area contributed by atoms with Crippen molar-refractivity contribution in [2.24, 2.45) is 15.9 Å². The van der Waals surface area contributed by atoms with Crippen LogP contribution in [0.2, 0.25) is 0 Å². The monoisotopic (exact) mass is 391 g/mol. The van der Waals surface area contributed by atoms with Crippen LogP contribution >= 0.6 is 0 Å². The summed E-state index contributed by atoms with van der Waals surface area (Å²) in [6, 6.07) is 3.22. The van der Waals surface area contributed by atoms with Crippen LogP contribution in [0, 0.1) is 6.92 Å². The van der Waals surface area contributed by atoms with E-state index in [-0.39, 0.29) is 24.0 Å². The fraction of sp³-hybridized carbons (Fsp3) is 0.312. The molecule has 1 aromatic heterocycles. The van der Waals surface area contributed by atoms with Gasteiger partial charge in [-0.25, -0.2) is 23.5 Å². The number of aliphatic hydroxyl groups excluding tert-OH is 1. The number of nitrogens with zero attached hydrogens (tertiary/aromatic N) is 5. The molecule has 0 saturated carbocycles. The molecule has 1 unspecified atom stereocenters. The number of hydrogen-bond acceptors (Lipinski definition) is 8. The molecule has 10 nitrogen and oxygen atoms in total. The Bertz CT molecular complexity index is 1010. The van der Waals surface area contributed by atoms with Crippen molar-refractivity contribution in [3.8, 4) is 0 Å². The first-order valence-corrected chi connectivity index (χ1v) is 9.70. The number of aliphatic hydroxyl groups is 1. The van der Waals surface area contributed by atoms with Gasteiger partial charge in [0, 0.05) is 18.1 Å². The van der Waals surface area contributed by atoms with Crippen LogP contribution < -0.4 is 15.9 Å². The summed E-state index contributed by atoms with van der Waals surface area (Å²) in [5, 5.41) is 20.7. The van der Waals surface area contributed by atoms with E-state index in [2.05, 4.69) is 15.1 Å². The number of aryl methyl sites for hydroxylation is 1. The number of nitrogens with two attached hydrogens (primary N) is 2. The summed E-state index contributed by atoms with van der Waals surface area (Å²) in [6.45, 7) is 3.74. The third kappa shape index (κ3) is 3.70. The summed E-state index contributed by atoms with van der Waals surface area (Å²) in [6.07, 6.45) is 4.30. The molecule has 0 aliphatic carbocycles. The molecule has 2 heterocycles. The van der Waals surface area contributed by atoms with Gasteiger partial charge in [0.1, 0.15) is 18.5 Å². The highest BCUT2D eigenvalue weighted by atomic mass is 32.2. The highest BCUT2D eigenvalue weighted by Crippen LogP contribution is 2.32. The van der Waals surface area contributed by atoms with Crippen molar-refractivity contribution >= 4 is 21.6 Å². The van der Waals surface area contributed by atoms with Crippen LogP contribution in [0.4, 0.5) is 0 Å². The molecule has 0 fully saturated rings. The molecule has 0 amide bonds. The lowest BCUT2D eigenvalue weighted by atomic mass is 9.94. The first-order valence-electron chi connectivity index (χ1n) is 8.15. The van der Waals surface area contributed by atoms with Gasteiger partial charge >= 0.3 is 0 Å². The largest absolute Gasteiger partial charge is 0.396 e. The first kappa shape index (κ1) is 19.0. The quantitative estimate of drug-likeness (QED) is 0.629. The van der Waals surface area contributed by atoms with Gasteiger partial charge in [-0.15, -0.1) is 5.10 Å². The topological polar surface area (TPSA) is 153 Å². The summed E-state index contributed by atoms with van der Waals surface area (Å²) in [4.78, 5) is 9.43. The number of rotatable bonds is 5. The van der Waals surface area contributed by atoms with Gasteiger partial charge in [-0.3, -0.25) is 5.01 Å². The first-order chi connectivity index (χ1) is 12.7. The Morgan fingerprint density at radius 2 is 2.11 bits per heavy atom. The van der Waals surface area contributed by atoms with Crippen LogP contribution in [0.15, 0.2) is 40.9 Å². The lowest BCUT2D eigenvalue weighted by Crippen LogP contribution is -2.42. The van der Waals surface area contributed by atoms with Gasteiger partial charge < -0.3 is 10.8 Å². The molecule has 1 aromatic carbocycles. The van der Waals surface area contributed by atoms with Gasteiger partial charge in [0.25, 0.3) is 0 Å². The van der Waals surface area contributed by atoms with Crippen LogP contribution in [0.3, 0.4) is 0 Å². The van der Waals surface area contributed by atoms with E-state index in [4.69, 9.17) is 10.9 Å². The molecule has 0 radical (unpaired) electrons. The lowest BCUT2D eigenvalue weighted by molar-refractivity contribution is 0.272. The highest BCUT2D eigenvalue weighted by molar-refractivity contribution is 7.89.